The van der Waals surface area contributed by atoms with Crippen LogP contribution in [0.1, 0.15) is 41.7 Å². The van der Waals surface area contributed by atoms with Crippen LogP contribution in [0.4, 0.5) is 0 Å². The summed E-state index contributed by atoms with van der Waals surface area (Å²) in [6.45, 7) is 0.323. The van der Waals surface area contributed by atoms with Crippen LogP contribution in [0.25, 0.3) is 11.3 Å². The summed E-state index contributed by atoms with van der Waals surface area (Å²) in [7, 11) is 0. The molecule has 1 amide bonds. The van der Waals surface area contributed by atoms with E-state index in [1.807, 2.05) is 24.3 Å². The molecule has 1 aliphatic heterocycles. The number of amides is 1. The molecule has 0 bridgehead atoms. The van der Waals surface area contributed by atoms with Gasteiger partial charge in [0.1, 0.15) is 12.4 Å². The largest absolute Gasteiger partial charge is 0.488 e. The Hall–Kier alpha value is -2.30. The average molecular weight is 284 g/mol. The predicted molar refractivity (Wildman–Crippen MR) is 76.0 cm³/mol. The van der Waals surface area contributed by atoms with Crippen molar-refractivity contribution in [2.24, 2.45) is 0 Å². The number of nitrogens with zero attached hydrogens (tertiary/aromatic N) is 1. The lowest BCUT2D eigenvalue weighted by molar-refractivity contribution is 0.0926. The maximum absolute atomic E-state index is 12.4. The Morgan fingerprint density at radius 2 is 2.05 bits per heavy atom. The minimum absolute atomic E-state index is 0.158. The average Bonchev–Trinajstić information content (AvgIpc) is 3.15. The van der Waals surface area contributed by atoms with Gasteiger partial charge in [0.05, 0.1) is 11.1 Å². The molecule has 1 saturated carbocycles. The molecule has 0 atom stereocenters. The molecule has 4 rings (SSSR count). The van der Waals surface area contributed by atoms with Gasteiger partial charge in [0.15, 0.2) is 11.5 Å². The number of rotatable bonds is 2. The second kappa shape index (κ2) is 4.91. The SMILES string of the molecule is O=C(NC1CCCC1)c1noc2c1COc1ccccc1-2. The lowest BCUT2D eigenvalue weighted by Gasteiger charge is -2.16. The number of nitrogens with one attached hydrogen (secondary N) is 1. The molecule has 21 heavy (non-hydrogen) atoms. The molecule has 0 spiro atoms. The van der Waals surface area contributed by atoms with E-state index >= 15 is 0 Å². The van der Waals surface area contributed by atoms with Crippen LogP contribution in [0.2, 0.25) is 0 Å². The van der Waals surface area contributed by atoms with E-state index in [0.29, 0.717) is 18.1 Å². The van der Waals surface area contributed by atoms with Crippen LogP contribution in [0.15, 0.2) is 28.8 Å². The molecule has 0 saturated heterocycles. The number of ether oxygens (including phenoxy) is 1. The molecular weight excluding hydrogens is 268 g/mol. The van der Waals surface area contributed by atoms with Crippen molar-refractivity contribution < 1.29 is 14.1 Å². The lowest BCUT2D eigenvalue weighted by Crippen LogP contribution is -2.33. The van der Waals surface area contributed by atoms with E-state index in [2.05, 4.69) is 10.5 Å². The standard InChI is InChI=1S/C16H16N2O3/c19-16(17-10-5-1-2-6-10)14-12-9-20-13-8-4-3-7-11(13)15(12)21-18-14/h3-4,7-8,10H,1-2,5-6,9H2,(H,17,19). The molecule has 1 aromatic heterocycles. The molecule has 1 N–H and O–H groups in total. The van der Waals surface area contributed by atoms with Gasteiger partial charge in [-0.2, -0.15) is 0 Å². The van der Waals surface area contributed by atoms with Gasteiger partial charge in [-0.15, -0.1) is 0 Å². The van der Waals surface area contributed by atoms with Gasteiger partial charge in [-0.05, 0) is 25.0 Å². The van der Waals surface area contributed by atoms with Crippen LogP contribution in [-0.2, 0) is 6.61 Å². The van der Waals surface area contributed by atoms with Crippen LogP contribution >= 0.6 is 0 Å². The Bertz CT molecular complexity index is 687. The number of hydrogen-bond acceptors (Lipinski definition) is 4. The quantitative estimate of drug-likeness (QED) is 0.921. The summed E-state index contributed by atoms with van der Waals surface area (Å²) < 4.78 is 11.1. The first kappa shape index (κ1) is 12.4. The predicted octanol–water partition coefficient (Wildman–Crippen LogP) is 2.91. The first-order valence-electron chi connectivity index (χ1n) is 7.34. The van der Waals surface area contributed by atoms with Gasteiger partial charge in [0.2, 0.25) is 0 Å². The van der Waals surface area contributed by atoms with E-state index in [0.717, 1.165) is 29.7 Å². The van der Waals surface area contributed by atoms with Crippen molar-refractivity contribution in [3.8, 4) is 17.1 Å². The van der Waals surface area contributed by atoms with Gasteiger partial charge in [-0.25, -0.2) is 0 Å². The second-order valence-corrected chi connectivity index (χ2v) is 5.58. The maximum Gasteiger partial charge on any atom is 0.274 e. The Morgan fingerprint density at radius 1 is 1.24 bits per heavy atom. The summed E-state index contributed by atoms with van der Waals surface area (Å²) in [5.74, 6) is 1.26. The van der Waals surface area contributed by atoms with Crippen molar-refractivity contribution in [1.82, 2.24) is 10.5 Å². The van der Waals surface area contributed by atoms with Gasteiger partial charge in [-0.1, -0.05) is 30.1 Å². The zero-order valence-electron chi connectivity index (χ0n) is 11.6. The Balaban J connectivity index is 1.64. The van der Waals surface area contributed by atoms with E-state index in [4.69, 9.17) is 9.26 Å². The van der Waals surface area contributed by atoms with Crippen LogP contribution in [0.3, 0.4) is 0 Å². The normalized spacial score (nSPS) is 17.0. The van der Waals surface area contributed by atoms with E-state index in [1.54, 1.807) is 0 Å². The van der Waals surface area contributed by atoms with Crippen LogP contribution in [0, 0.1) is 0 Å². The molecule has 2 aromatic rings. The van der Waals surface area contributed by atoms with Crippen molar-refractivity contribution >= 4 is 5.91 Å². The highest BCUT2D eigenvalue weighted by Gasteiger charge is 2.29. The van der Waals surface area contributed by atoms with Crippen LogP contribution < -0.4 is 10.1 Å². The van der Waals surface area contributed by atoms with E-state index in [-0.39, 0.29) is 11.9 Å². The molecule has 5 nitrogen and oxygen atoms in total. The summed E-state index contributed by atoms with van der Waals surface area (Å²) >= 11 is 0. The zero-order valence-corrected chi connectivity index (χ0v) is 11.6. The summed E-state index contributed by atoms with van der Waals surface area (Å²) in [6.07, 6.45) is 4.45. The fourth-order valence-corrected chi connectivity index (χ4v) is 3.09. The summed E-state index contributed by atoms with van der Waals surface area (Å²) in [6, 6.07) is 7.89. The lowest BCUT2D eigenvalue weighted by atomic mass is 10.0. The molecule has 5 heteroatoms. The van der Waals surface area contributed by atoms with Crippen molar-refractivity contribution in [1.29, 1.82) is 0 Å². The molecule has 0 radical (unpaired) electrons. The summed E-state index contributed by atoms with van der Waals surface area (Å²) in [5.41, 5.74) is 1.95. The van der Waals surface area contributed by atoms with Crippen LogP contribution in [-0.4, -0.2) is 17.1 Å². The zero-order chi connectivity index (χ0) is 14.2. The summed E-state index contributed by atoms with van der Waals surface area (Å²) in [5, 5.41) is 7.01. The third-order valence-corrected chi connectivity index (χ3v) is 4.20. The minimum atomic E-state index is -0.158. The maximum atomic E-state index is 12.4. The number of fused-ring (bicyclic) bond motifs is 3. The topological polar surface area (TPSA) is 64.4 Å². The molecule has 2 aliphatic rings. The fourth-order valence-electron chi connectivity index (χ4n) is 3.09. The molecular formula is C16H16N2O3. The van der Waals surface area contributed by atoms with Crippen molar-refractivity contribution in [2.45, 2.75) is 38.3 Å². The number of carbonyl (C=O) groups is 1. The molecule has 1 aliphatic carbocycles. The number of para-hydroxylation sites is 1. The molecule has 1 aromatic carbocycles. The van der Waals surface area contributed by atoms with Crippen molar-refractivity contribution in [2.75, 3.05) is 0 Å². The highest BCUT2D eigenvalue weighted by atomic mass is 16.5. The summed E-state index contributed by atoms with van der Waals surface area (Å²) in [4.78, 5) is 12.4. The molecule has 0 unspecified atom stereocenters. The first-order valence-corrected chi connectivity index (χ1v) is 7.34. The molecule has 108 valence electrons. The van der Waals surface area contributed by atoms with Gasteiger partial charge >= 0.3 is 0 Å². The number of aromatic nitrogens is 1. The van der Waals surface area contributed by atoms with Gasteiger partial charge < -0.3 is 14.6 Å². The van der Waals surface area contributed by atoms with E-state index in [9.17, 15) is 4.79 Å². The highest BCUT2D eigenvalue weighted by molar-refractivity contribution is 5.95. The van der Waals surface area contributed by atoms with E-state index < -0.39 is 0 Å². The smallest absolute Gasteiger partial charge is 0.274 e. The number of carbonyl (C=O) groups excluding carboxylic acids is 1. The first-order chi connectivity index (χ1) is 10.3. The third-order valence-electron chi connectivity index (χ3n) is 4.20. The monoisotopic (exact) mass is 284 g/mol. The Kier molecular flexibility index (Phi) is 2.91. The van der Waals surface area contributed by atoms with Crippen molar-refractivity contribution in [3.05, 3.63) is 35.5 Å². The van der Waals surface area contributed by atoms with Crippen molar-refractivity contribution in [3.63, 3.8) is 0 Å². The molecule has 2 heterocycles. The van der Waals surface area contributed by atoms with Gasteiger partial charge in [0.25, 0.3) is 5.91 Å². The number of benzene rings is 1. The van der Waals surface area contributed by atoms with E-state index in [1.165, 1.54) is 12.8 Å². The van der Waals surface area contributed by atoms with Gasteiger partial charge in [0, 0.05) is 6.04 Å². The fraction of sp³-hybridized carbons (Fsp3) is 0.375. The Labute approximate surface area is 122 Å². The van der Waals surface area contributed by atoms with Crippen LogP contribution in [0.5, 0.6) is 5.75 Å². The third kappa shape index (κ3) is 2.09. The van der Waals surface area contributed by atoms with Gasteiger partial charge in [-0.3, -0.25) is 4.79 Å². The highest BCUT2D eigenvalue weighted by Crippen LogP contribution is 2.38. The second-order valence-electron chi connectivity index (χ2n) is 5.58. The minimum Gasteiger partial charge on any atom is -0.488 e. The Morgan fingerprint density at radius 3 is 2.90 bits per heavy atom. The number of hydrogen-bond donors (Lipinski definition) is 1. The molecule has 1 fully saturated rings.